The van der Waals surface area contributed by atoms with E-state index < -0.39 is 0 Å². The van der Waals surface area contributed by atoms with Gasteiger partial charge in [-0.3, -0.25) is 0 Å². The van der Waals surface area contributed by atoms with E-state index in [0.29, 0.717) is 11.1 Å². The molecule has 0 aromatic heterocycles. The normalized spacial score (nSPS) is 16.7. The van der Waals surface area contributed by atoms with Crippen molar-refractivity contribution in [3.8, 4) is 0 Å². The van der Waals surface area contributed by atoms with Crippen LogP contribution < -0.4 is 37.7 Å². The van der Waals surface area contributed by atoms with Gasteiger partial charge in [-0.25, -0.2) is 0 Å². The molecule has 6 heteroatoms. The van der Waals surface area contributed by atoms with E-state index in [-0.39, 0.29) is 49.1 Å². The fraction of sp³-hybridized carbons (Fsp3) is 0. The molecule has 0 spiro atoms. The van der Waals surface area contributed by atoms with Gasteiger partial charge < -0.3 is 20.7 Å². The van der Waals surface area contributed by atoms with Gasteiger partial charge in [-0.1, -0.05) is 36.4 Å². The average molecular weight is 224 g/mol. The zero-order chi connectivity index (χ0) is 11.1. The van der Waals surface area contributed by atoms with Crippen molar-refractivity contribution in [2.75, 3.05) is 0 Å². The van der Waals surface area contributed by atoms with Crippen molar-refractivity contribution < 1.29 is 37.7 Å². The maximum atomic E-state index is 10.8. The van der Waals surface area contributed by atoms with E-state index in [4.69, 9.17) is 0 Å². The summed E-state index contributed by atoms with van der Waals surface area (Å²) in [7, 11) is 0. The SMILES string of the molecule is [Li+].[Li+].[O-]/N=C1\C(=N\[O-])c2cccc3cccc1c23. The van der Waals surface area contributed by atoms with Crippen molar-refractivity contribution in [2.24, 2.45) is 10.3 Å². The van der Waals surface area contributed by atoms with E-state index in [1.54, 1.807) is 12.1 Å². The molecule has 0 radical (unpaired) electrons. The molecule has 18 heavy (non-hydrogen) atoms. The number of rotatable bonds is 0. The van der Waals surface area contributed by atoms with Crippen LogP contribution in [0.1, 0.15) is 11.1 Å². The molecule has 0 bridgehead atoms. The first kappa shape index (κ1) is 14.9. The zero-order valence-corrected chi connectivity index (χ0v) is 10.2. The Morgan fingerprint density at radius 1 is 0.722 bits per heavy atom. The van der Waals surface area contributed by atoms with Crippen LogP contribution in [0.2, 0.25) is 0 Å². The largest absolute Gasteiger partial charge is 1.00 e. The third kappa shape index (κ3) is 1.88. The zero-order valence-electron chi connectivity index (χ0n) is 10.2. The minimum absolute atomic E-state index is 0. The summed E-state index contributed by atoms with van der Waals surface area (Å²) in [6, 6.07) is 11.1. The monoisotopic (exact) mass is 224 g/mol. The second-order valence-electron chi connectivity index (χ2n) is 3.59. The molecule has 0 saturated heterocycles. The van der Waals surface area contributed by atoms with Crippen LogP contribution in [-0.2, 0) is 0 Å². The van der Waals surface area contributed by atoms with Crippen LogP contribution in [0.4, 0.5) is 0 Å². The molecule has 0 aliphatic heterocycles. The van der Waals surface area contributed by atoms with E-state index >= 15 is 0 Å². The van der Waals surface area contributed by atoms with Crippen molar-refractivity contribution in [2.45, 2.75) is 0 Å². The molecular formula is C12H6Li2N2O2. The van der Waals surface area contributed by atoms with Gasteiger partial charge in [0.05, 0.1) is 11.4 Å². The number of hydrogen-bond acceptors (Lipinski definition) is 4. The molecule has 78 valence electrons. The fourth-order valence-corrected chi connectivity index (χ4v) is 2.18. The predicted molar refractivity (Wildman–Crippen MR) is 63.8 cm³/mol. The molecule has 0 amide bonds. The molecular weight excluding hydrogens is 218 g/mol. The molecule has 2 aromatic rings. The molecule has 0 heterocycles. The third-order valence-corrected chi connectivity index (χ3v) is 2.82. The molecule has 3 rings (SSSR count). The first-order valence-electron chi connectivity index (χ1n) is 4.80. The van der Waals surface area contributed by atoms with Crippen LogP contribution in [0.25, 0.3) is 10.8 Å². The Bertz CT molecular complexity index is 601. The second kappa shape index (κ2) is 5.65. The summed E-state index contributed by atoms with van der Waals surface area (Å²) in [5.41, 5.74) is 1.67. The van der Waals surface area contributed by atoms with Crippen LogP contribution in [0, 0.1) is 10.4 Å². The Hall–Kier alpha value is -1.17. The van der Waals surface area contributed by atoms with E-state index in [1.807, 2.05) is 24.3 Å². The van der Waals surface area contributed by atoms with E-state index in [1.165, 1.54) is 0 Å². The first-order chi connectivity index (χ1) is 7.86. The van der Waals surface area contributed by atoms with E-state index in [2.05, 4.69) is 10.3 Å². The maximum Gasteiger partial charge on any atom is 1.00 e. The Morgan fingerprint density at radius 2 is 1.17 bits per heavy atom. The van der Waals surface area contributed by atoms with Gasteiger partial charge in [-0.15, -0.1) is 0 Å². The topological polar surface area (TPSA) is 70.8 Å². The van der Waals surface area contributed by atoms with Gasteiger partial charge in [0.2, 0.25) is 0 Å². The summed E-state index contributed by atoms with van der Waals surface area (Å²) in [6.07, 6.45) is 0. The number of nitrogens with zero attached hydrogens (tertiary/aromatic N) is 2. The van der Waals surface area contributed by atoms with E-state index in [9.17, 15) is 10.4 Å². The number of hydrogen-bond donors (Lipinski definition) is 0. The quantitative estimate of drug-likeness (QED) is 0.343. The van der Waals surface area contributed by atoms with Gasteiger partial charge in [-0.2, -0.15) is 0 Å². The van der Waals surface area contributed by atoms with Crippen molar-refractivity contribution in [1.29, 1.82) is 0 Å². The molecule has 0 unspecified atom stereocenters. The molecule has 1 aliphatic rings. The molecule has 2 aromatic carbocycles. The van der Waals surface area contributed by atoms with Gasteiger partial charge in [0.25, 0.3) is 0 Å². The van der Waals surface area contributed by atoms with Crippen molar-refractivity contribution in [3.05, 3.63) is 57.9 Å². The van der Waals surface area contributed by atoms with Gasteiger partial charge in [-0.05, 0) is 5.39 Å². The standard InChI is InChI=1S/C12H8N2O2.2Li/c15-13-11-8-5-1-3-7-4-2-6-9(10(7)8)12(11)14-16;;/h1-6,15-16H;;/q;2*+1/p-2/b13-11-,14-12+;;. The molecule has 0 fully saturated rings. The summed E-state index contributed by atoms with van der Waals surface area (Å²) in [5.74, 6) is 0. The smallest absolute Gasteiger partial charge is 0.791 e. The Balaban J connectivity index is 0.000000810. The minimum atomic E-state index is 0. The van der Waals surface area contributed by atoms with Gasteiger partial charge >= 0.3 is 37.7 Å². The molecule has 0 atom stereocenters. The van der Waals surface area contributed by atoms with E-state index in [0.717, 1.165) is 10.8 Å². The molecule has 0 N–H and O–H groups in total. The molecule has 1 aliphatic carbocycles. The summed E-state index contributed by atoms with van der Waals surface area (Å²) in [5, 5.41) is 29.3. The van der Waals surface area contributed by atoms with Crippen molar-refractivity contribution >= 4 is 22.2 Å². The van der Waals surface area contributed by atoms with Crippen LogP contribution in [0.5, 0.6) is 0 Å². The minimum Gasteiger partial charge on any atom is -0.791 e. The fourth-order valence-electron chi connectivity index (χ4n) is 2.18. The Morgan fingerprint density at radius 3 is 1.56 bits per heavy atom. The summed E-state index contributed by atoms with van der Waals surface area (Å²) in [4.78, 5) is 0. The molecule has 4 nitrogen and oxygen atoms in total. The van der Waals surface area contributed by atoms with Gasteiger partial charge in [0.15, 0.2) is 0 Å². The average Bonchev–Trinajstić information content (AvgIpc) is 2.65. The summed E-state index contributed by atoms with van der Waals surface area (Å²) >= 11 is 0. The summed E-state index contributed by atoms with van der Waals surface area (Å²) in [6.45, 7) is 0. The van der Waals surface area contributed by atoms with Gasteiger partial charge in [0.1, 0.15) is 0 Å². The Kier molecular flexibility index (Phi) is 4.68. The van der Waals surface area contributed by atoms with Crippen LogP contribution in [0.15, 0.2) is 46.7 Å². The maximum absolute atomic E-state index is 10.8. The van der Waals surface area contributed by atoms with Gasteiger partial charge in [0, 0.05) is 16.5 Å². The predicted octanol–water partition coefficient (Wildman–Crippen LogP) is -3.56. The van der Waals surface area contributed by atoms with Crippen LogP contribution in [-0.4, -0.2) is 11.4 Å². The van der Waals surface area contributed by atoms with Crippen molar-refractivity contribution in [1.82, 2.24) is 0 Å². The molecule has 0 saturated carbocycles. The first-order valence-corrected chi connectivity index (χ1v) is 4.80. The van der Waals surface area contributed by atoms with Crippen molar-refractivity contribution in [3.63, 3.8) is 0 Å². The Labute approximate surface area is 128 Å². The van der Waals surface area contributed by atoms with Crippen LogP contribution >= 0.6 is 0 Å². The third-order valence-electron chi connectivity index (χ3n) is 2.82. The van der Waals surface area contributed by atoms with Crippen LogP contribution in [0.3, 0.4) is 0 Å². The summed E-state index contributed by atoms with van der Waals surface area (Å²) < 4.78 is 0. The second-order valence-corrected chi connectivity index (χ2v) is 3.59. The number of benzene rings is 2.